The van der Waals surface area contributed by atoms with Crippen molar-refractivity contribution in [3.05, 3.63) is 0 Å². The average molecular weight is 224 g/mol. The number of hydrogen-bond acceptors (Lipinski definition) is 4. The predicted molar refractivity (Wildman–Crippen MR) is 39.5 cm³/mol. The first-order valence-corrected chi connectivity index (χ1v) is 3.69. The minimum atomic E-state index is -1.51. The molecule has 0 amide bonds. The molecule has 1 rings (SSSR count). The molecule has 11 heavy (non-hydrogen) atoms. The Balaban J connectivity index is 2.47. The van der Waals surface area contributed by atoms with Crippen molar-refractivity contribution in [3.8, 4) is 0 Å². The van der Waals surface area contributed by atoms with Crippen molar-refractivity contribution in [2.24, 2.45) is 5.16 Å². The number of nitrogens with zero attached hydrogens (tertiary/aromatic N) is 1. The number of aliphatic hydroxyl groups is 1. The summed E-state index contributed by atoms with van der Waals surface area (Å²) >= 11 is 3.02. The Hall–Kier alpha value is -0.620. The third kappa shape index (κ3) is 1.90. The van der Waals surface area contributed by atoms with Crippen molar-refractivity contribution in [2.45, 2.75) is 18.6 Å². The van der Waals surface area contributed by atoms with E-state index in [9.17, 15) is 4.79 Å². The fraction of sp³-hybridized carbons (Fsp3) is 0.600. The van der Waals surface area contributed by atoms with E-state index >= 15 is 0 Å². The molecule has 0 saturated carbocycles. The highest BCUT2D eigenvalue weighted by atomic mass is 79.9. The van der Waals surface area contributed by atoms with Crippen molar-refractivity contribution in [1.82, 2.24) is 0 Å². The summed E-state index contributed by atoms with van der Waals surface area (Å²) in [5.74, 6) is -1.30. The number of halogens is 1. The molecule has 0 aromatic rings. The molecule has 0 radical (unpaired) electrons. The molecule has 1 aliphatic heterocycles. The lowest BCUT2D eigenvalue weighted by molar-refractivity contribution is -0.154. The molecule has 2 atom stereocenters. The summed E-state index contributed by atoms with van der Waals surface area (Å²) in [5.41, 5.74) is 0. The Morgan fingerprint density at radius 1 is 1.91 bits per heavy atom. The third-order valence-electron chi connectivity index (χ3n) is 1.26. The van der Waals surface area contributed by atoms with Gasteiger partial charge in [0.2, 0.25) is 0 Å². The van der Waals surface area contributed by atoms with Gasteiger partial charge in [0.25, 0.3) is 0 Å². The van der Waals surface area contributed by atoms with Crippen LogP contribution in [0.5, 0.6) is 0 Å². The van der Waals surface area contributed by atoms with Crippen LogP contribution in [0, 0.1) is 0 Å². The highest BCUT2D eigenvalue weighted by molar-refractivity contribution is 9.18. The summed E-state index contributed by atoms with van der Waals surface area (Å²) in [6.07, 6.45) is -1.97. The quantitative estimate of drug-likeness (QED) is 0.687. The molecule has 2 N–H and O–H groups in total. The predicted octanol–water partition coefficient (Wildman–Crippen LogP) is -0.0708. The molecular weight excluding hydrogens is 218 g/mol. The van der Waals surface area contributed by atoms with Crippen molar-refractivity contribution in [3.63, 3.8) is 0 Å². The van der Waals surface area contributed by atoms with E-state index in [2.05, 4.69) is 25.9 Å². The van der Waals surface area contributed by atoms with Gasteiger partial charge in [-0.2, -0.15) is 0 Å². The van der Waals surface area contributed by atoms with Gasteiger partial charge in [0.1, 0.15) is 4.62 Å². The normalized spacial score (nSPS) is 25.6. The van der Waals surface area contributed by atoms with E-state index in [4.69, 9.17) is 10.2 Å². The summed E-state index contributed by atoms with van der Waals surface area (Å²) in [4.78, 5) is 14.8. The molecule has 0 fully saturated rings. The van der Waals surface area contributed by atoms with Gasteiger partial charge in [-0.3, -0.25) is 0 Å². The molecule has 0 bridgehead atoms. The second kappa shape index (κ2) is 3.19. The van der Waals surface area contributed by atoms with Gasteiger partial charge in [0.05, 0.1) is 0 Å². The molecule has 1 heterocycles. The van der Waals surface area contributed by atoms with Gasteiger partial charge in [-0.25, -0.2) is 4.79 Å². The van der Waals surface area contributed by atoms with Gasteiger partial charge in [-0.15, -0.1) is 0 Å². The van der Waals surface area contributed by atoms with Crippen LogP contribution in [0.4, 0.5) is 0 Å². The zero-order valence-corrected chi connectivity index (χ0v) is 6.98. The fourth-order valence-electron chi connectivity index (χ4n) is 0.694. The second-order valence-corrected chi connectivity index (χ2v) is 3.01. The van der Waals surface area contributed by atoms with Gasteiger partial charge in [0, 0.05) is 6.42 Å². The summed E-state index contributed by atoms with van der Waals surface area (Å²) in [7, 11) is 0. The summed E-state index contributed by atoms with van der Waals surface area (Å²) < 4.78 is 0.516. The molecule has 5 nitrogen and oxygen atoms in total. The molecular formula is C5H6BrNO4. The lowest BCUT2D eigenvalue weighted by atomic mass is 10.1. The Kier molecular flexibility index (Phi) is 2.45. The van der Waals surface area contributed by atoms with E-state index in [0.29, 0.717) is 11.0 Å². The van der Waals surface area contributed by atoms with Crippen LogP contribution >= 0.6 is 15.9 Å². The van der Waals surface area contributed by atoms with Crippen molar-refractivity contribution in [2.75, 3.05) is 0 Å². The van der Waals surface area contributed by atoms with Crippen molar-refractivity contribution >= 4 is 26.5 Å². The summed E-state index contributed by atoms with van der Waals surface area (Å²) in [6.45, 7) is 0. The molecule has 0 aliphatic carbocycles. The third-order valence-corrected chi connectivity index (χ3v) is 1.73. The SMILES string of the molecule is O=C(O)C(O)C1CC(Br)=NO1. The molecule has 62 valence electrons. The summed E-state index contributed by atoms with van der Waals surface area (Å²) in [5, 5.41) is 20.7. The van der Waals surface area contributed by atoms with Crippen LogP contribution in [0.3, 0.4) is 0 Å². The number of aliphatic carboxylic acids is 1. The van der Waals surface area contributed by atoms with Crippen molar-refractivity contribution in [1.29, 1.82) is 0 Å². The highest BCUT2D eigenvalue weighted by Crippen LogP contribution is 2.17. The van der Waals surface area contributed by atoms with E-state index in [0.717, 1.165) is 0 Å². The smallest absolute Gasteiger partial charge is 0.336 e. The Morgan fingerprint density at radius 2 is 2.55 bits per heavy atom. The Labute approximate surface area is 70.8 Å². The van der Waals surface area contributed by atoms with E-state index < -0.39 is 18.2 Å². The number of carboxylic acid groups (broad SMARTS) is 1. The second-order valence-electron chi connectivity index (χ2n) is 2.10. The molecule has 0 spiro atoms. The molecule has 0 aromatic carbocycles. The highest BCUT2D eigenvalue weighted by Gasteiger charge is 2.32. The number of aliphatic hydroxyl groups excluding tert-OH is 1. The van der Waals surface area contributed by atoms with Crippen LogP contribution in [0.1, 0.15) is 6.42 Å². The maximum Gasteiger partial charge on any atom is 0.336 e. The van der Waals surface area contributed by atoms with Gasteiger partial charge < -0.3 is 15.1 Å². The van der Waals surface area contributed by atoms with Crippen molar-refractivity contribution < 1.29 is 19.8 Å². The van der Waals surface area contributed by atoms with Gasteiger partial charge in [-0.1, -0.05) is 5.16 Å². The van der Waals surface area contributed by atoms with E-state index in [-0.39, 0.29) is 0 Å². The molecule has 0 aromatic heterocycles. The first kappa shape index (κ1) is 8.48. The van der Waals surface area contributed by atoms with Crippen LogP contribution in [0.25, 0.3) is 0 Å². The van der Waals surface area contributed by atoms with Crippen LogP contribution in [0.2, 0.25) is 0 Å². The lowest BCUT2D eigenvalue weighted by Gasteiger charge is -2.10. The maximum absolute atomic E-state index is 10.2. The number of carbonyl (C=O) groups is 1. The molecule has 0 saturated heterocycles. The van der Waals surface area contributed by atoms with Gasteiger partial charge >= 0.3 is 5.97 Å². The van der Waals surface area contributed by atoms with Crippen LogP contribution in [-0.2, 0) is 9.63 Å². The molecule has 2 unspecified atom stereocenters. The monoisotopic (exact) mass is 223 g/mol. The largest absolute Gasteiger partial charge is 0.479 e. The van der Waals surface area contributed by atoms with Gasteiger partial charge in [-0.05, 0) is 15.9 Å². The van der Waals surface area contributed by atoms with E-state index in [1.807, 2.05) is 0 Å². The van der Waals surface area contributed by atoms with E-state index in [1.54, 1.807) is 0 Å². The van der Waals surface area contributed by atoms with Gasteiger partial charge in [0.15, 0.2) is 12.2 Å². The molecule has 1 aliphatic rings. The van der Waals surface area contributed by atoms with Crippen LogP contribution in [-0.4, -0.2) is 33.0 Å². The number of carboxylic acids is 1. The zero-order chi connectivity index (χ0) is 8.43. The number of rotatable bonds is 2. The fourth-order valence-corrected chi connectivity index (χ4v) is 1.10. The average Bonchev–Trinajstić information content (AvgIpc) is 2.34. The number of oxime groups is 1. The summed E-state index contributed by atoms with van der Waals surface area (Å²) in [6, 6.07) is 0. The minimum Gasteiger partial charge on any atom is -0.479 e. The first-order valence-electron chi connectivity index (χ1n) is 2.90. The lowest BCUT2D eigenvalue weighted by Crippen LogP contribution is -2.33. The minimum absolute atomic E-state index is 0.299. The van der Waals surface area contributed by atoms with E-state index in [1.165, 1.54) is 0 Å². The number of hydrogen-bond donors (Lipinski definition) is 2. The maximum atomic E-state index is 10.2. The Bertz CT molecular complexity index is 205. The first-order chi connectivity index (χ1) is 5.11. The topological polar surface area (TPSA) is 79.1 Å². The van der Waals surface area contributed by atoms with Crippen LogP contribution < -0.4 is 0 Å². The zero-order valence-electron chi connectivity index (χ0n) is 5.40. The van der Waals surface area contributed by atoms with Crippen LogP contribution in [0.15, 0.2) is 5.16 Å². The molecule has 6 heteroatoms. The standard InChI is InChI=1S/C5H6BrNO4/c6-3-1-2(11-7-3)4(8)5(9)10/h2,4,8H,1H2,(H,9,10). The Morgan fingerprint density at radius 3 is 2.91 bits per heavy atom.